The first kappa shape index (κ1) is 19.5. The normalized spacial score (nSPS) is 12.5. The van der Waals surface area contributed by atoms with E-state index in [4.69, 9.17) is 0 Å². The molecule has 0 aliphatic heterocycles. The molecular weight excluding hydrogens is 408 g/mol. The number of sulfonamides is 1. The number of alkyl halides is 3. The predicted octanol–water partition coefficient (Wildman–Crippen LogP) is 4.35. The van der Waals surface area contributed by atoms with Crippen molar-refractivity contribution < 1.29 is 30.5 Å². The molecule has 27 heavy (non-hydrogen) atoms. The average molecular weight is 420 g/mol. The molecule has 0 bridgehead atoms. The Labute approximate surface area is 155 Å². The van der Waals surface area contributed by atoms with Crippen molar-refractivity contribution in [3.8, 4) is 10.6 Å². The number of hydrogen-bond acceptors (Lipinski definition) is 5. The van der Waals surface area contributed by atoms with E-state index in [1.165, 1.54) is 37.3 Å². The van der Waals surface area contributed by atoms with Crippen molar-refractivity contribution in [1.82, 2.24) is 9.88 Å². The average Bonchev–Trinajstić information content (AvgIpc) is 3.21. The summed E-state index contributed by atoms with van der Waals surface area (Å²) in [5.74, 6) is -1.70. The molecule has 2 aromatic heterocycles. The van der Waals surface area contributed by atoms with Gasteiger partial charge in [-0.1, -0.05) is 17.3 Å². The van der Waals surface area contributed by atoms with E-state index in [1.807, 2.05) is 0 Å². The van der Waals surface area contributed by atoms with Gasteiger partial charge in [-0.05, 0) is 30.7 Å². The van der Waals surface area contributed by atoms with Gasteiger partial charge in [0.15, 0.2) is 0 Å². The summed E-state index contributed by atoms with van der Waals surface area (Å²) >= 11 is 0.983. The monoisotopic (exact) mass is 420 g/mol. The molecule has 5 nitrogen and oxygen atoms in total. The van der Waals surface area contributed by atoms with Gasteiger partial charge in [0.05, 0.1) is 9.77 Å². The fourth-order valence-electron chi connectivity index (χ4n) is 2.24. The van der Waals surface area contributed by atoms with Crippen LogP contribution in [0.5, 0.6) is 0 Å². The molecule has 11 heteroatoms. The molecule has 0 aliphatic carbocycles. The Hall–Kier alpha value is -2.24. The highest BCUT2D eigenvalue weighted by Gasteiger charge is 2.36. The maximum absolute atomic E-state index is 12.9. The Balaban J connectivity index is 1.82. The lowest BCUT2D eigenvalue weighted by Gasteiger charge is -2.06. The smallest absolute Gasteiger partial charge is 0.351 e. The largest absolute Gasteiger partial charge is 0.452 e. The van der Waals surface area contributed by atoms with E-state index in [2.05, 4.69) is 14.4 Å². The van der Waals surface area contributed by atoms with Crippen molar-refractivity contribution in [3.05, 3.63) is 58.4 Å². The van der Waals surface area contributed by atoms with Gasteiger partial charge in [0, 0.05) is 17.5 Å². The van der Waals surface area contributed by atoms with Gasteiger partial charge in [-0.3, -0.25) is 0 Å². The lowest BCUT2D eigenvalue weighted by molar-refractivity contribution is -0.155. The maximum Gasteiger partial charge on any atom is 0.452 e. The van der Waals surface area contributed by atoms with Crippen LogP contribution < -0.4 is 4.72 Å². The van der Waals surface area contributed by atoms with Crippen LogP contribution >= 0.6 is 11.3 Å². The summed E-state index contributed by atoms with van der Waals surface area (Å²) in [6.07, 6.45) is -4.68. The minimum Gasteiger partial charge on any atom is -0.351 e. The van der Waals surface area contributed by atoms with Crippen LogP contribution in [0.1, 0.15) is 16.2 Å². The first-order chi connectivity index (χ1) is 12.6. The van der Waals surface area contributed by atoms with Crippen molar-refractivity contribution in [3.63, 3.8) is 0 Å². The summed E-state index contributed by atoms with van der Waals surface area (Å²) in [5.41, 5.74) is 0.454. The van der Waals surface area contributed by atoms with Crippen molar-refractivity contribution in [2.24, 2.45) is 0 Å². The van der Waals surface area contributed by atoms with E-state index in [-0.39, 0.29) is 22.0 Å². The minimum absolute atomic E-state index is 0.0601. The fraction of sp³-hybridized carbons (Fsp3) is 0.188. The molecule has 1 N–H and O–H groups in total. The molecule has 0 spiro atoms. The molecule has 0 saturated heterocycles. The quantitative estimate of drug-likeness (QED) is 0.623. The topological polar surface area (TPSA) is 72.2 Å². The number of nitrogens with one attached hydrogen (secondary N) is 1. The molecule has 0 unspecified atom stereocenters. The predicted molar refractivity (Wildman–Crippen MR) is 90.0 cm³/mol. The van der Waals surface area contributed by atoms with Crippen LogP contribution in [0.15, 0.2) is 45.8 Å². The first-order valence-electron chi connectivity index (χ1n) is 7.45. The summed E-state index contributed by atoms with van der Waals surface area (Å²) in [6, 6.07) is 7.26. The molecule has 0 radical (unpaired) electrons. The number of hydrogen-bond donors (Lipinski definition) is 1. The molecular formula is C16H12F4N2O3S2. The van der Waals surface area contributed by atoms with Crippen molar-refractivity contribution >= 4 is 21.4 Å². The number of benzene rings is 1. The Kier molecular flexibility index (Phi) is 5.10. The van der Waals surface area contributed by atoms with Crippen LogP contribution in [0.4, 0.5) is 17.6 Å². The second-order valence-electron chi connectivity index (χ2n) is 5.56. The van der Waals surface area contributed by atoms with Crippen molar-refractivity contribution in [2.45, 2.75) is 24.5 Å². The fourth-order valence-corrected chi connectivity index (χ4v) is 4.80. The van der Waals surface area contributed by atoms with Gasteiger partial charge in [-0.2, -0.15) is 13.2 Å². The van der Waals surface area contributed by atoms with E-state index in [9.17, 15) is 26.0 Å². The highest BCUT2D eigenvalue weighted by molar-refractivity contribution is 7.89. The second-order valence-corrected chi connectivity index (χ2v) is 8.55. The molecule has 0 saturated carbocycles. The summed E-state index contributed by atoms with van der Waals surface area (Å²) in [4.78, 5) is 0.545. The van der Waals surface area contributed by atoms with Gasteiger partial charge < -0.3 is 4.52 Å². The zero-order valence-corrected chi connectivity index (χ0v) is 15.3. The molecule has 1 aromatic carbocycles. The highest BCUT2D eigenvalue weighted by Crippen LogP contribution is 2.36. The summed E-state index contributed by atoms with van der Waals surface area (Å²) in [5, 5.41) is 3.36. The number of halogens is 4. The number of aryl methyl sites for hydroxylation is 1. The molecule has 0 amide bonds. The first-order valence-corrected chi connectivity index (χ1v) is 9.75. The van der Waals surface area contributed by atoms with Gasteiger partial charge >= 0.3 is 6.18 Å². The van der Waals surface area contributed by atoms with Crippen molar-refractivity contribution in [1.29, 1.82) is 0 Å². The van der Waals surface area contributed by atoms with Gasteiger partial charge in [-0.25, -0.2) is 17.5 Å². The molecule has 3 aromatic rings. The highest BCUT2D eigenvalue weighted by atomic mass is 32.2. The Morgan fingerprint density at radius 1 is 1.19 bits per heavy atom. The van der Waals surface area contributed by atoms with Crippen LogP contribution in [0, 0.1) is 12.7 Å². The van der Waals surface area contributed by atoms with Gasteiger partial charge in [0.1, 0.15) is 11.5 Å². The summed E-state index contributed by atoms with van der Waals surface area (Å²) < 4.78 is 82.4. The lowest BCUT2D eigenvalue weighted by atomic mass is 10.2. The maximum atomic E-state index is 12.9. The van der Waals surface area contributed by atoms with Crippen LogP contribution in [0.2, 0.25) is 0 Å². The van der Waals surface area contributed by atoms with E-state index >= 15 is 0 Å². The molecule has 3 rings (SSSR count). The van der Waals surface area contributed by atoms with Gasteiger partial charge in [0.2, 0.25) is 15.8 Å². The van der Waals surface area contributed by atoms with Crippen LogP contribution in [-0.2, 0) is 22.7 Å². The van der Waals surface area contributed by atoms with E-state index < -0.39 is 27.8 Å². The Bertz CT molecular complexity index is 1050. The molecule has 0 atom stereocenters. The number of nitrogens with zero attached hydrogens (tertiary/aromatic N) is 1. The zero-order valence-electron chi connectivity index (χ0n) is 13.7. The van der Waals surface area contributed by atoms with E-state index in [0.717, 1.165) is 11.3 Å². The SMILES string of the molecule is Cc1sc(-c2cc(C(F)(F)F)on2)cc1S(=O)(=O)NCc1ccc(F)cc1. The number of rotatable bonds is 5. The Morgan fingerprint density at radius 3 is 2.44 bits per heavy atom. The third-order valence-corrected chi connectivity index (χ3v) is 6.31. The van der Waals surface area contributed by atoms with Crippen LogP contribution in [-0.4, -0.2) is 13.6 Å². The zero-order chi connectivity index (χ0) is 19.8. The number of aromatic nitrogens is 1. The summed E-state index contributed by atoms with van der Waals surface area (Å²) in [7, 11) is -3.92. The van der Waals surface area contributed by atoms with Gasteiger partial charge in [-0.15, -0.1) is 11.3 Å². The van der Waals surface area contributed by atoms with E-state index in [1.54, 1.807) is 0 Å². The molecule has 0 aliphatic rings. The Morgan fingerprint density at radius 2 is 1.85 bits per heavy atom. The third kappa shape index (κ3) is 4.37. The molecule has 144 valence electrons. The molecule has 0 fully saturated rings. The van der Waals surface area contributed by atoms with Gasteiger partial charge in [0.25, 0.3) is 0 Å². The van der Waals surface area contributed by atoms with E-state index in [0.29, 0.717) is 16.5 Å². The third-order valence-electron chi connectivity index (χ3n) is 3.58. The minimum atomic E-state index is -4.68. The van der Waals surface area contributed by atoms with Crippen LogP contribution in [0.3, 0.4) is 0 Å². The van der Waals surface area contributed by atoms with Crippen molar-refractivity contribution in [2.75, 3.05) is 0 Å². The lowest BCUT2D eigenvalue weighted by Crippen LogP contribution is -2.23. The number of thiophene rings is 1. The van der Waals surface area contributed by atoms with Crippen LogP contribution in [0.25, 0.3) is 10.6 Å². The summed E-state index contributed by atoms with van der Waals surface area (Å²) in [6.45, 7) is 1.47. The standard InChI is InChI=1S/C16H12F4N2O3S2/c1-9-14(27(23,24)21-8-10-2-4-11(17)5-3-10)7-13(26-9)12-6-15(25-22-12)16(18,19)20/h2-7,21H,8H2,1H3. The second kappa shape index (κ2) is 7.06. The molecule has 2 heterocycles.